The third-order valence-electron chi connectivity index (χ3n) is 3.59. The molecule has 1 aromatic heterocycles. The van der Waals surface area contributed by atoms with Crippen molar-refractivity contribution in [1.29, 1.82) is 0 Å². The lowest BCUT2D eigenvalue weighted by Gasteiger charge is -2.02. The second kappa shape index (κ2) is 8.27. The van der Waals surface area contributed by atoms with Crippen molar-refractivity contribution in [2.24, 2.45) is 0 Å². The van der Waals surface area contributed by atoms with Gasteiger partial charge in [0.05, 0.1) is 5.75 Å². The predicted molar refractivity (Wildman–Crippen MR) is 106 cm³/mol. The van der Waals surface area contributed by atoms with Crippen LogP contribution in [-0.4, -0.2) is 21.9 Å². The fourth-order valence-corrected chi connectivity index (χ4v) is 3.74. The summed E-state index contributed by atoms with van der Waals surface area (Å²) in [5.41, 5.74) is 4.68. The van der Waals surface area contributed by atoms with Crippen molar-refractivity contribution in [2.75, 3.05) is 11.1 Å². The Morgan fingerprint density at radius 2 is 1.64 bits per heavy atom. The summed E-state index contributed by atoms with van der Waals surface area (Å²) in [6.45, 7) is 4.11. The van der Waals surface area contributed by atoms with Crippen molar-refractivity contribution >= 4 is 34.1 Å². The average molecular weight is 370 g/mol. The molecule has 4 nitrogen and oxygen atoms in total. The van der Waals surface area contributed by atoms with Crippen molar-refractivity contribution in [3.8, 4) is 10.6 Å². The van der Waals surface area contributed by atoms with Crippen LogP contribution in [0.3, 0.4) is 0 Å². The fraction of sp³-hybridized carbons (Fsp3) is 0.211. The van der Waals surface area contributed by atoms with Crippen LogP contribution in [0.25, 0.3) is 10.6 Å². The second-order valence-electron chi connectivity index (χ2n) is 5.80. The van der Waals surface area contributed by atoms with Crippen LogP contribution in [0.15, 0.2) is 48.5 Å². The van der Waals surface area contributed by atoms with Gasteiger partial charge < -0.3 is 0 Å². The van der Waals surface area contributed by atoms with Gasteiger partial charge in [-0.25, -0.2) is 0 Å². The highest BCUT2D eigenvalue weighted by atomic mass is 32.2. The van der Waals surface area contributed by atoms with Gasteiger partial charge in [0.25, 0.3) is 0 Å². The molecule has 0 aliphatic rings. The quantitative estimate of drug-likeness (QED) is 0.685. The van der Waals surface area contributed by atoms with Gasteiger partial charge in [-0.1, -0.05) is 71.0 Å². The molecule has 0 fully saturated rings. The van der Waals surface area contributed by atoms with Crippen molar-refractivity contribution in [3.63, 3.8) is 0 Å². The van der Waals surface area contributed by atoms with E-state index in [0.29, 0.717) is 10.9 Å². The lowest BCUT2D eigenvalue weighted by Crippen LogP contribution is -2.13. The number of nitrogens with one attached hydrogen (secondary N) is 1. The van der Waals surface area contributed by atoms with Gasteiger partial charge in [0.2, 0.25) is 11.0 Å². The first kappa shape index (κ1) is 17.6. The van der Waals surface area contributed by atoms with Crippen LogP contribution in [0.5, 0.6) is 0 Å². The van der Waals surface area contributed by atoms with E-state index in [1.165, 1.54) is 28.0 Å². The highest BCUT2D eigenvalue weighted by molar-refractivity contribution is 7.99. The molecule has 1 heterocycles. The second-order valence-corrected chi connectivity index (χ2v) is 7.77. The van der Waals surface area contributed by atoms with Crippen LogP contribution >= 0.6 is 23.1 Å². The third-order valence-corrected chi connectivity index (χ3v) is 5.48. The van der Waals surface area contributed by atoms with E-state index in [2.05, 4.69) is 46.7 Å². The van der Waals surface area contributed by atoms with Crippen LogP contribution < -0.4 is 5.32 Å². The fourth-order valence-electron chi connectivity index (χ4n) is 2.19. The molecule has 0 bridgehead atoms. The summed E-state index contributed by atoms with van der Waals surface area (Å²) in [6, 6.07) is 16.5. The zero-order chi connectivity index (χ0) is 17.6. The van der Waals surface area contributed by atoms with Crippen molar-refractivity contribution < 1.29 is 4.79 Å². The Morgan fingerprint density at radius 1 is 1.00 bits per heavy atom. The summed E-state index contributed by atoms with van der Waals surface area (Å²) >= 11 is 2.98. The molecule has 3 rings (SSSR count). The first-order valence-corrected chi connectivity index (χ1v) is 9.91. The summed E-state index contributed by atoms with van der Waals surface area (Å²) in [6.07, 6.45) is 0. The average Bonchev–Trinajstić information content (AvgIpc) is 3.06. The zero-order valence-corrected chi connectivity index (χ0v) is 15.8. The summed E-state index contributed by atoms with van der Waals surface area (Å²) in [5.74, 6) is 1.16. The number of thioether (sulfide) groups is 1. The number of nitrogens with zero attached hydrogens (tertiary/aromatic N) is 2. The predicted octanol–water partition coefficient (Wildman–Crippen LogP) is 4.69. The van der Waals surface area contributed by atoms with E-state index in [1.807, 2.05) is 31.2 Å². The lowest BCUT2D eigenvalue weighted by molar-refractivity contribution is -0.113. The van der Waals surface area contributed by atoms with Gasteiger partial charge in [0.15, 0.2) is 0 Å². The Bertz CT molecular complexity index is 842. The van der Waals surface area contributed by atoms with Crippen LogP contribution in [0.1, 0.15) is 16.7 Å². The Kier molecular flexibility index (Phi) is 5.83. The molecule has 0 saturated carbocycles. The Hall–Kier alpha value is -2.18. The highest BCUT2D eigenvalue weighted by Gasteiger charge is 2.10. The SMILES string of the molecule is Cc1ccc(CSCC(=O)Nc2nnc(-c3ccc(C)cc3)s2)cc1. The molecule has 3 aromatic rings. The van der Waals surface area contributed by atoms with Gasteiger partial charge in [-0.05, 0) is 19.4 Å². The molecule has 0 radical (unpaired) electrons. The molecular weight excluding hydrogens is 350 g/mol. The Morgan fingerprint density at radius 3 is 2.32 bits per heavy atom. The van der Waals surface area contributed by atoms with Crippen LogP contribution in [0.2, 0.25) is 0 Å². The van der Waals surface area contributed by atoms with E-state index in [1.54, 1.807) is 11.8 Å². The smallest absolute Gasteiger partial charge is 0.236 e. The number of hydrogen-bond donors (Lipinski definition) is 1. The maximum absolute atomic E-state index is 12.1. The van der Waals surface area contributed by atoms with E-state index in [-0.39, 0.29) is 5.91 Å². The van der Waals surface area contributed by atoms with Gasteiger partial charge in [-0.2, -0.15) is 0 Å². The minimum atomic E-state index is -0.0521. The van der Waals surface area contributed by atoms with Gasteiger partial charge in [-0.3, -0.25) is 10.1 Å². The monoisotopic (exact) mass is 369 g/mol. The summed E-state index contributed by atoms with van der Waals surface area (Å²) < 4.78 is 0. The standard InChI is InChI=1S/C19H19N3OS2/c1-13-3-7-15(8-4-13)11-24-12-17(23)20-19-22-21-18(25-19)16-9-5-14(2)6-10-16/h3-10H,11-12H2,1-2H3,(H,20,22,23). The molecule has 128 valence electrons. The molecular formula is C19H19N3OS2. The number of hydrogen-bond acceptors (Lipinski definition) is 5. The largest absolute Gasteiger partial charge is 0.300 e. The molecule has 6 heteroatoms. The van der Waals surface area contributed by atoms with E-state index in [4.69, 9.17) is 0 Å². The topological polar surface area (TPSA) is 54.9 Å². The first-order valence-electron chi connectivity index (χ1n) is 7.94. The van der Waals surface area contributed by atoms with E-state index < -0.39 is 0 Å². The minimum absolute atomic E-state index is 0.0521. The van der Waals surface area contributed by atoms with E-state index in [0.717, 1.165) is 16.3 Å². The van der Waals surface area contributed by atoms with Crippen molar-refractivity contribution in [2.45, 2.75) is 19.6 Å². The zero-order valence-electron chi connectivity index (χ0n) is 14.2. The molecule has 1 amide bonds. The maximum Gasteiger partial charge on any atom is 0.236 e. The Balaban J connectivity index is 1.49. The normalized spacial score (nSPS) is 10.6. The summed E-state index contributed by atoms with van der Waals surface area (Å²) in [4.78, 5) is 12.1. The number of amides is 1. The molecule has 0 spiro atoms. The molecule has 0 unspecified atom stereocenters. The molecule has 2 aromatic carbocycles. The van der Waals surface area contributed by atoms with Gasteiger partial charge >= 0.3 is 0 Å². The van der Waals surface area contributed by atoms with Gasteiger partial charge in [0.1, 0.15) is 5.01 Å². The number of aryl methyl sites for hydroxylation is 2. The molecule has 0 atom stereocenters. The van der Waals surface area contributed by atoms with Crippen LogP contribution in [-0.2, 0) is 10.5 Å². The summed E-state index contributed by atoms with van der Waals surface area (Å²) in [5, 5.41) is 12.4. The van der Waals surface area contributed by atoms with Crippen LogP contribution in [0, 0.1) is 13.8 Å². The number of carbonyl (C=O) groups is 1. The molecule has 1 N–H and O–H groups in total. The molecule has 0 aliphatic heterocycles. The molecule has 0 aliphatic carbocycles. The van der Waals surface area contributed by atoms with E-state index in [9.17, 15) is 4.79 Å². The maximum atomic E-state index is 12.1. The third kappa shape index (κ3) is 5.14. The van der Waals surface area contributed by atoms with Gasteiger partial charge in [-0.15, -0.1) is 22.0 Å². The summed E-state index contributed by atoms with van der Waals surface area (Å²) in [7, 11) is 0. The number of aromatic nitrogens is 2. The van der Waals surface area contributed by atoms with Crippen LogP contribution in [0.4, 0.5) is 5.13 Å². The molecule has 0 saturated heterocycles. The molecule has 25 heavy (non-hydrogen) atoms. The van der Waals surface area contributed by atoms with Crippen molar-refractivity contribution in [1.82, 2.24) is 10.2 Å². The number of rotatable bonds is 6. The number of carbonyl (C=O) groups excluding carboxylic acids is 1. The Labute approximate surface area is 155 Å². The number of benzene rings is 2. The van der Waals surface area contributed by atoms with E-state index >= 15 is 0 Å². The number of anilines is 1. The van der Waals surface area contributed by atoms with Crippen molar-refractivity contribution in [3.05, 3.63) is 65.2 Å². The lowest BCUT2D eigenvalue weighted by atomic mass is 10.2. The minimum Gasteiger partial charge on any atom is -0.300 e. The first-order chi connectivity index (χ1) is 12.1. The van der Waals surface area contributed by atoms with Gasteiger partial charge in [0, 0.05) is 11.3 Å². The highest BCUT2D eigenvalue weighted by Crippen LogP contribution is 2.26.